The molecule has 2 aromatic rings. The van der Waals surface area contributed by atoms with Crippen LogP contribution in [0.1, 0.15) is 161 Å². The number of guanidine groups is 2. The van der Waals surface area contributed by atoms with Gasteiger partial charge in [-0.2, -0.15) is 0 Å². The fourth-order valence-electron chi connectivity index (χ4n) is 8.46. The van der Waals surface area contributed by atoms with Crippen LogP contribution >= 0.6 is 0 Å². The van der Waals surface area contributed by atoms with E-state index in [4.69, 9.17) is 28.7 Å². The van der Waals surface area contributed by atoms with Crippen molar-refractivity contribution < 1.29 is 38.7 Å². The van der Waals surface area contributed by atoms with Gasteiger partial charge in [0, 0.05) is 32.4 Å². The molecule has 17 N–H and O–H groups in total. The van der Waals surface area contributed by atoms with Gasteiger partial charge in [-0.25, -0.2) is 0 Å². The summed E-state index contributed by atoms with van der Waals surface area (Å²) in [5.74, 6) is -4.96. The monoisotopic (exact) mass is 1060 g/mol. The van der Waals surface area contributed by atoms with Crippen molar-refractivity contribution in [2.24, 2.45) is 44.6 Å². The molecule has 0 saturated heterocycles. The minimum atomic E-state index is -1.33. The zero-order chi connectivity index (χ0) is 56.3. The van der Waals surface area contributed by atoms with Gasteiger partial charge in [-0.05, 0) is 74.6 Å². The zero-order valence-electron chi connectivity index (χ0n) is 45.6. The highest BCUT2D eigenvalue weighted by molar-refractivity contribution is 5.97. The van der Waals surface area contributed by atoms with E-state index < -0.39 is 71.7 Å². The van der Waals surface area contributed by atoms with Crippen LogP contribution in [-0.4, -0.2) is 108 Å². The molecule has 2 rings (SSSR count). The van der Waals surface area contributed by atoms with Gasteiger partial charge in [-0.15, -0.1) is 0 Å². The van der Waals surface area contributed by atoms with Crippen molar-refractivity contribution in [2.75, 3.05) is 13.1 Å². The van der Waals surface area contributed by atoms with Gasteiger partial charge < -0.3 is 65.7 Å². The van der Waals surface area contributed by atoms with Crippen LogP contribution in [-0.2, 0) is 46.4 Å². The Labute approximate surface area is 450 Å². The average molecular weight is 1060 g/mol. The molecule has 424 valence electrons. The molecule has 0 aromatic heterocycles. The lowest BCUT2D eigenvalue weighted by molar-refractivity contribution is -0.135. The highest BCUT2D eigenvalue weighted by Gasteiger charge is 2.33. The van der Waals surface area contributed by atoms with Crippen molar-refractivity contribution in [3.05, 3.63) is 65.7 Å². The Morgan fingerprint density at radius 2 is 0.895 bits per heavy atom. The van der Waals surface area contributed by atoms with E-state index in [9.17, 15) is 38.7 Å². The lowest BCUT2D eigenvalue weighted by Crippen LogP contribution is -2.60. The molecule has 0 aliphatic carbocycles. The summed E-state index contributed by atoms with van der Waals surface area (Å²) in [5, 5.41) is 26.4. The summed E-state index contributed by atoms with van der Waals surface area (Å²) >= 11 is 0. The second-order valence-corrected chi connectivity index (χ2v) is 20.1. The number of rotatable bonds is 40. The molecule has 0 aliphatic heterocycles. The van der Waals surface area contributed by atoms with Crippen LogP contribution < -0.4 is 60.6 Å². The van der Waals surface area contributed by atoms with Gasteiger partial charge in [-0.3, -0.25) is 43.5 Å². The van der Waals surface area contributed by atoms with Gasteiger partial charge in [-0.1, -0.05) is 140 Å². The molecule has 0 bridgehead atoms. The summed E-state index contributed by atoms with van der Waals surface area (Å²) in [6, 6.07) is 7.63. The van der Waals surface area contributed by atoms with Crippen LogP contribution in [0.2, 0.25) is 0 Å². The first kappa shape index (κ1) is 65.2. The molecular weight excluding hydrogens is 971 g/mol. The van der Waals surface area contributed by atoms with Crippen LogP contribution in [0, 0.1) is 5.92 Å². The second kappa shape index (κ2) is 37.7. The first-order valence-corrected chi connectivity index (χ1v) is 27.3. The number of hydrogen-bond acceptors (Lipinski definition) is 10. The topological polar surface area (TPSA) is 367 Å². The van der Waals surface area contributed by atoms with E-state index in [0.29, 0.717) is 30.4 Å². The average Bonchev–Trinajstić information content (AvgIpc) is 3.36. The van der Waals surface area contributed by atoms with Gasteiger partial charge in [0.25, 0.3) is 0 Å². The Kier molecular flexibility index (Phi) is 32.4. The van der Waals surface area contributed by atoms with Gasteiger partial charge in [0.15, 0.2) is 11.9 Å². The summed E-state index contributed by atoms with van der Waals surface area (Å²) in [6.45, 7) is 7.82. The van der Waals surface area contributed by atoms with E-state index in [1.54, 1.807) is 42.5 Å². The maximum absolute atomic E-state index is 14.5. The Morgan fingerprint density at radius 3 is 1.38 bits per heavy atom. The number of aliphatic imine (C=N–C) groups is 2. The van der Waals surface area contributed by atoms with E-state index in [0.717, 1.165) is 19.3 Å². The summed E-state index contributed by atoms with van der Waals surface area (Å²) in [5.41, 5.74) is 28.7. The summed E-state index contributed by atoms with van der Waals surface area (Å²) in [4.78, 5) is 104. The molecule has 2 aromatic carbocycles. The van der Waals surface area contributed by atoms with Gasteiger partial charge >= 0.3 is 0 Å². The highest BCUT2D eigenvalue weighted by Crippen LogP contribution is 2.16. The number of nitrogens with zero attached hydrogens (tertiary/aromatic N) is 2. The van der Waals surface area contributed by atoms with E-state index in [-0.39, 0.29) is 81.1 Å². The predicted octanol–water partition coefficient (Wildman–Crippen LogP) is 3.23. The second-order valence-electron chi connectivity index (χ2n) is 20.1. The number of phenols is 1. The van der Waals surface area contributed by atoms with E-state index in [2.05, 4.69) is 48.8 Å². The number of aromatic hydroxyl groups is 1. The quantitative estimate of drug-likeness (QED) is 0.0260. The number of phenolic OH excluding ortho intramolecular Hbond substituents is 1. The van der Waals surface area contributed by atoms with Crippen molar-refractivity contribution >= 4 is 53.3 Å². The fourth-order valence-corrected chi connectivity index (χ4v) is 8.46. The highest BCUT2D eigenvalue weighted by atomic mass is 16.3. The third kappa shape index (κ3) is 29.2. The van der Waals surface area contributed by atoms with Crippen LogP contribution in [0.5, 0.6) is 5.75 Å². The van der Waals surface area contributed by atoms with Gasteiger partial charge in [0.05, 0.1) is 0 Å². The van der Waals surface area contributed by atoms with Crippen LogP contribution in [0.4, 0.5) is 0 Å². The number of amides is 7. The molecule has 0 fully saturated rings. The number of nitrogens with two attached hydrogens (primary N) is 5. The van der Waals surface area contributed by atoms with Crippen LogP contribution in [0.25, 0.3) is 0 Å². The third-order valence-electron chi connectivity index (χ3n) is 12.7. The number of unbranched alkanes of at least 4 members (excludes halogenated alkanes) is 12. The molecule has 0 aliphatic rings. The lowest BCUT2D eigenvalue weighted by atomic mass is 10.0. The lowest BCUT2D eigenvalue weighted by Gasteiger charge is -2.27. The molecule has 0 saturated carbocycles. The molecule has 76 heavy (non-hydrogen) atoms. The van der Waals surface area contributed by atoms with Crippen molar-refractivity contribution in [3.8, 4) is 5.75 Å². The molecule has 6 unspecified atom stereocenters. The molecule has 21 heteroatoms. The van der Waals surface area contributed by atoms with E-state index in [1.807, 2.05) is 13.8 Å². The molecule has 7 amide bonds. The number of hydrogen-bond donors (Lipinski definition) is 12. The molecule has 0 heterocycles. The normalized spacial score (nSPS) is 13.4. The molecular formula is C55H91N13O8. The molecule has 0 spiro atoms. The first-order chi connectivity index (χ1) is 36.3. The summed E-state index contributed by atoms with van der Waals surface area (Å²) in [6.07, 6.45) is 16.4. The zero-order valence-corrected chi connectivity index (χ0v) is 45.6. The molecule has 6 atom stereocenters. The standard InChI is InChI=1S/C55H91N13O8/c1-5-6-7-8-9-10-11-12-13-14-15-16-20-27-47(70)64-44(34-37(2)3)51(74)63-38(4)49(72)67-45(36-40-28-30-41(69)31-29-40)53(76)68-46(35-39-23-18-17-19-24-39)52(75)66-43(26-22-33-62-55(59)60)50(73)65-42(48(56)71)25-21-32-61-54(57)58/h17-19,23-24,28-31,37-38,42-46,69H,5-16,20-22,25-27,32-36H2,1-4H3,(H2,56,71)(H,63,74)(H,64,70)(H,65,73)(H,66,75)(H,67,72)(H,68,76)(H4,57,58,61)(H4,59,60,62). The van der Waals surface area contributed by atoms with Crippen molar-refractivity contribution in [2.45, 2.75) is 199 Å². The first-order valence-electron chi connectivity index (χ1n) is 27.3. The van der Waals surface area contributed by atoms with Crippen LogP contribution in [0.3, 0.4) is 0 Å². The predicted molar refractivity (Wildman–Crippen MR) is 298 cm³/mol. The van der Waals surface area contributed by atoms with Crippen molar-refractivity contribution in [1.82, 2.24) is 31.9 Å². The Balaban J connectivity index is 2.26. The van der Waals surface area contributed by atoms with Crippen molar-refractivity contribution in [3.63, 3.8) is 0 Å². The number of nitrogens with one attached hydrogen (secondary N) is 6. The SMILES string of the molecule is CCCCCCCCCCCCCCCC(=O)NC(CC(C)C)C(=O)NC(C)C(=O)NC(Cc1ccc(O)cc1)C(=O)NC(Cc1ccccc1)C(=O)NC(CCCN=C(N)N)C(=O)NC(CCCN=C(N)N)C(N)=O. The molecule has 0 radical (unpaired) electrons. The number of carbonyl (C=O) groups excluding carboxylic acids is 7. The minimum Gasteiger partial charge on any atom is -0.508 e. The number of carbonyl (C=O) groups is 7. The largest absolute Gasteiger partial charge is 0.508 e. The van der Waals surface area contributed by atoms with Gasteiger partial charge in [0.2, 0.25) is 41.4 Å². The van der Waals surface area contributed by atoms with Crippen LogP contribution in [0.15, 0.2) is 64.6 Å². The number of primary amides is 1. The van der Waals surface area contributed by atoms with E-state index in [1.165, 1.54) is 76.8 Å². The Bertz CT molecular complexity index is 2120. The maximum atomic E-state index is 14.5. The van der Waals surface area contributed by atoms with Gasteiger partial charge in [0.1, 0.15) is 42.0 Å². The Hall–Kier alpha value is -6.93. The third-order valence-corrected chi connectivity index (χ3v) is 12.7. The summed E-state index contributed by atoms with van der Waals surface area (Å²) < 4.78 is 0. The maximum Gasteiger partial charge on any atom is 0.243 e. The van der Waals surface area contributed by atoms with Crippen molar-refractivity contribution in [1.29, 1.82) is 0 Å². The smallest absolute Gasteiger partial charge is 0.243 e. The fraction of sp³-hybridized carbons (Fsp3) is 0.618. The minimum absolute atomic E-state index is 0.00413. The Morgan fingerprint density at radius 1 is 0.474 bits per heavy atom. The van der Waals surface area contributed by atoms with E-state index >= 15 is 0 Å². The summed E-state index contributed by atoms with van der Waals surface area (Å²) in [7, 11) is 0. The number of benzene rings is 2. The molecule has 21 nitrogen and oxygen atoms in total.